The molecule has 1 aliphatic rings. The quantitative estimate of drug-likeness (QED) is 0.842. The second-order valence-electron chi connectivity index (χ2n) is 4.86. The fourth-order valence-electron chi connectivity index (χ4n) is 2.27. The first-order chi connectivity index (χ1) is 9.04. The van der Waals surface area contributed by atoms with Crippen LogP contribution in [0, 0.1) is 0 Å². The zero-order valence-corrected chi connectivity index (χ0v) is 12.0. The minimum Gasteiger partial charge on any atom is -0.369 e. The smallest absolute Gasteiger partial charge is 0.242 e. The number of benzene rings is 1. The Morgan fingerprint density at radius 2 is 2.16 bits per heavy atom. The number of nitrogens with one attached hydrogen (secondary N) is 1. The third-order valence-electron chi connectivity index (χ3n) is 3.26. The normalized spacial score (nSPS) is 19.9. The summed E-state index contributed by atoms with van der Waals surface area (Å²) in [5.41, 5.74) is 6.64. The fourth-order valence-corrected chi connectivity index (χ4v) is 3.62. The standard InChI is InChI=1S/C13H21N3O2S/c1-2-8-15-19(17,18)13-6-4-3-5-12(13)16-9-7-11(14)10-16/h3-6,11,15H,2,7-10,14H2,1H3. The van der Waals surface area contributed by atoms with Gasteiger partial charge in [-0.2, -0.15) is 0 Å². The molecule has 1 saturated heterocycles. The summed E-state index contributed by atoms with van der Waals surface area (Å²) in [6.07, 6.45) is 1.67. The van der Waals surface area contributed by atoms with E-state index in [1.807, 2.05) is 24.0 Å². The average molecular weight is 283 g/mol. The van der Waals surface area contributed by atoms with Gasteiger partial charge < -0.3 is 10.6 Å². The predicted molar refractivity (Wildman–Crippen MR) is 76.7 cm³/mol. The van der Waals surface area contributed by atoms with Crippen LogP contribution in [0.25, 0.3) is 0 Å². The number of para-hydroxylation sites is 1. The van der Waals surface area contributed by atoms with E-state index in [9.17, 15) is 8.42 Å². The Morgan fingerprint density at radius 1 is 1.42 bits per heavy atom. The molecule has 0 aromatic heterocycles. The van der Waals surface area contributed by atoms with Gasteiger partial charge in [-0.1, -0.05) is 19.1 Å². The van der Waals surface area contributed by atoms with Gasteiger partial charge in [-0.05, 0) is 25.0 Å². The van der Waals surface area contributed by atoms with E-state index in [1.54, 1.807) is 12.1 Å². The van der Waals surface area contributed by atoms with Gasteiger partial charge in [0.15, 0.2) is 0 Å². The minimum absolute atomic E-state index is 0.124. The van der Waals surface area contributed by atoms with Crippen molar-refractivity contribution < 1.29 is 8.42 Å². The Morgan fingerprint density at radius 3 is 2.79 bits per heavy atom. The molecule has 1 aromatic carbocycles. The molecule has 1 aliphatic heterocycles. The van der Waals surface area contributed by atoms with Gasteiger partial charge in [-0.3, -0.25) is 0 Å². The monoisotopic (exact) mass is 283 g/mol. The Balaban J connectivity index is 2.31. The van der Waals surface area contributed by atoms with Crippen LogP contribution in [-0.4, -0.2) is 34.1 Å². The van der Waals surface area contributed by atoms with Gasteiger partial charge in [0.05, 0.1) is 5.69 Å². The molecule has 0 radical (unpaired) electrons. The number of anilines is 1. The summed E-state index contributed by atoms with van der Waals surface area (Å²) in [6.45, 7) is 3.91. The van der Waals surface area contributed by atoms with E-state index in [2.05, 4.69) is 4.72 Å². The van der Waals surface area contributed by atoms with E-state index in [-0.39, 0.29) is 6.04 Å². The van der Waals surface area contributed by atoms with Crippen LogP contribution in [0.2, 0.25) is 0 Å². The van der Waals surface area contributed by atoms with Gasteiger partial charge in [0.1, 0.15) is 4.90 Å². The summed E-state index contributed by atoms with van der Waals surface area (Å²) in [5, 5.41) is 0. The third-order valence-corrected chi connectivity index (χ3v) is 4.77. The van der Waals surface area contributed by atoms with Gasteiger partial charge >= 0.3 is 0 Å². The van der Waals surface area contributed by atoms with Crippen LogP contribution in [0.4, 0.5) is 5.69 Å². The molecule has 3 N–H and O–H groups in total. The molecule has 1 fully saturated rings. The van der Waals surface area contributed by atoms with Crippen molar-refractivity contribution in [1.82, 2.24) is 4.72 Å². The average Bonchev–Trinajstić information content (AvgIpc) is 2.83. The molecule has 1 atom stereocenters. The molecule has 5 nitrogen and oxygen atoms in total. The molecule has 0 amide bonds. The van der Waals surface area contributed by atoms with Crippen molar-refractivity contribution in [3.63, 3.8) is 0 Å². The van der Waals surface area contributed by atoms with Gasteiger partial charge in [0.2, 0.25) is 10.0 Å². The van der Waals surface area contributed by atoms with Gasteiger partial charge in [0, 0.05) is 25.7 Å². The highest BCUT2D eigenvalue weighted by Crippen LogP contribution is 2.27. The second kappa shape index (κ2) is 5.90. The number of nitrogens with two attached hydrogens (primary N) is 1. The van der Waals surface area contributed by atoms with E-state index in [4.69, 9.17) is 5.73 Å². The summed E-state index contributed by atoms with van der Waals surface area (Å²) in [4.78, 5) is 2.39. The molecular weight excluding hydrogens is 262 g/mol. The van der Waals surface area contributed by atoms with E-state index in [0.717, 1.165) is 25.1 Å². The Hall–Kier alpha value is -1.11. The summed E-state index contributed by atoms with van der Waals surface area (Å²) < 4.78 is 27.2. The Bertz CT molecular complexity index is 530. The van der Waals surface area contributed by atoms with Gasteiger partial charge in [-0.15, -0.1) is 0 Å². The lowest BCUT2D eigenvalue weighted by Gasteiger charge is -2.21. The van der Waals surface area contributed by atoms with Crippen molar-refractivity contribution in [2.24, 2.45) is 5.73 Å². The SMILES string of the molecule is CCCNS(=O)(=O)c1ccccc1N1CCC(N)C1. The van der Waals surface area contributed by atoms with Crippen LogP contribution >= 0.6 is 0 Å². The molecule has 106 valence electrons. The van der Waals surface area contributed by atoms with E-state index in [0.29, 0.717) is 18.0 Å². The molecule has 1 heterocycles. The van der Waals surface area contributed by atoms with Crippen molar-refractivity contribution in [3.8, 4) is 0 Å². The maximum Gasteiger partial charge on any atom is 0.242 e. The molecule has 0 aliphatic carbocycles. The molecule has 0 bridgehead atoms. The first-order valence-corrected chi connectivity index (χ1v) is 8.12. The fraction of sp³-hybridized carbons (Fsp3) is 0.538. The summed E-state index contributed by atoms with van der Waals surface area (Å²) in [7, 11) is -3.44. The number of hydrogen-bond donors (Lipinski definition) is 2. The van der Waals surface area contributed by atoms with Crippen molar-refractivity contribution in [3.05, 3.63) is 24.3 Å². The molecule has 0 spiro atoms. The summed E-state index contributed by atoms with van der Waals surface area (Å²) in [6, 6.07) is 7.23. The third kappa shape index (κ3) is 3.26. The maximum absolute atomic E-state index is 12.3. The predicted octanol–water partition coefficient (Wildman–Crippen LogP) is 0.912. The Labute approximate surface area is 114 Å². The van der Waals surface area contributed by atoms with E-state index >= 15 is 0 Å². The van der Waals surface area contributed by atoms with Crippen LogP contribution in [-0.2, 0) is 10.0 Å². The minimum atomic E-state index is -3.44. The number of hydrogen-bond acceptors (Lipinski definition) is 4. The molecular formula is C13H21N3O2S. The van der Waals surface area contributed by atoms with Gasteiger partial charge in [-0.25, -0.2) is 13.1 Å². The largest absolute Gasteiger partial charge is 0.369 e. The topological polar surface area (TPSA) is 75.4 Å². The zero-order valence-electron chi connectivity index (χ0n) is 11.2. The Kier molecular flexibility index (Phi) is 4.44. The van der Waals surface area contributed by atoms with Crippen molar-refractivity contribution in [1.29, 1.82) is 0 Å². The first kappa shape index (κ1) is 14.3. The lowest BCUT2D eigenvalue weighted by atomic mass is 10.3. The number of rotatable bonds is 5. The second-order valence-corrected chi connectivity index (χ2v) is 6.60. The zero-order chi connectivity index (χ0) is 13.9. The van der Waals surface area contributed by atoms with Crippen molar-refractivity contribution >= 4 is 15.7 Å². The van der Waals surface area contributed by atoms with Crippen molar-refractivity contribution in [2.45, 2.75) is 30.7 Å². The highest BCUT2D eigenvalue weighted by molar-refractivity contribution is 7.89. The highest BCUT2D eigenvalue weighted by atomic mass is 32.2. The highest BCUT2D eigenvalue weighted by Gasteiger charge is 2.25. The van der Waals surface area contributed by atoms with E-state index in [1.165, 1.54) is 0 Å². The van der Waals surface area contributed by atoms with Crippen LogP contribution < -0.4 is 15.4 Å². The van der Waals surface area contributed by atoms with E-state index < -0.39 is 10.0 Å². The lowest BCUT2D eigenvalue weighted by molar-refractivity contribution is 0.580. The maximum atomic E-state index is 12.3. The lowest BCUT2D eigenvalue weighted by Crippen LogP contribution is -2.30. The van der Waals surface area contributed by atoms with Crippen LogP contribution in [0.15, 0.2) is 29.2 Å². The summed E-state index contributed by atoms with van der Waals surface area (Å²) in [5.74, 6) is 0. The first-order valence-electron chi connectivity index (χ1n) is 6.64. The molecule has 1 aromatic rings. The van der Waals surface area contributed by atoms with Crippen molar-refractivity contribution in [2.75, 3.05) is 24.5 Å². The van der Waals surface area contributed by atoms with Crippen LogP contribution in [0.1, 0.15) is 19.8 Å². The number of sulfonamides is 1. The summed E-state index contributed by atoms with van der Waals surface area (Å²) >= 11 is 0. The molecule has 0 saturated carbocycles. The van der Waals surface area contributed by atoms with Gasteiger partial charge in [0.25, 0.3) is 0 Å². The molecule has 1 unspecified atom stereocenters. The van der Waals surface area contributed by atoms with Crippen LogP contribution in [0.3, 0.4) is 0 Å². The number of nitrogens with zero attached hydrogens (tertiary/aromatic N) is 1. The molecule has 19 heavy (non-hydrogen) atoms. The molecule has 2 rings (SSSR count). The molecule has 6 heteroatoms. The van der Waals surface area contributed by atoms with Crippen LogP contribution in [0.5, 0.6) is 0 Å².